The lowest BCUT2D eigenvalue weighted by molar-refractivity contribution is 0.619. The second-order valence-corrected chi connectivity index (χ2v) is 3.34. The number of rotatable bonds is 4. The van der Waals surface area contributed by atoms with Gasteiger partial charge in [-0.25, -0.2) is 8.42 Å². The van der Waals surface area contributed by atoms with Gasteiger partial charge in [0.25, 0.3) is 0 Å². The van der Waals surface area contributed by atoms with Crippen molar-refractivity contribution in [2.75, 3.05) is 11.3 Å². The summed E-state index contributed by atoms with van der Waals surface area (Å²) in [4.78, 5) is 0. The maximum Gasteiger partial charge on any atom is 0.222 e. The molecule has 0 saturated heterocycles. The predicted octanol–water partition coefficient (Wildman–Crippen LogP) is 0.126. The van der Waals surface area contributed by atoms with Gasteiger partial charge in [0.15, 0.2) is 0 Å². The highest BCUT2D eigenvalue weighted by Crippen LogP contribution is 2.09. The second kappa shape index (κ2) is 4.84. The SMILES string of the molecule is NCCc1ccc(N[SH](=O)=O)cc1. The molecule has 0 spiro atoms. The molecule has 0 amide bonds. The summed E-state index contributed by atoms with van der Waals surface area (Å²) >= 11 is 0. The van der Waals surface area contributed by atoms with Gasteiger partial charge in [-0.3, -0.25) is 4.72 Å². The molecule has 72 valence electrons. The van der Waals surface area contributed by atoms with Gasteiger partial charge < -0.3 is 5.73 Å². The number of thiol groups is 1. The van der Waals surface area contributed by atoms with Crippen molar-refractivity contribution in [1.82, 2.24) is 0 Å². The molecule has 1 aromatic carbocycles. The smallest absolute Gasteiger partial charge is 0.222 e. The average Bonchev–Trinajstić information content (AvgIpc) is 2.08. The molecule has 13 heavy (non-hydrogen) atoms. The standard InChI is InChI=1S/C8H12N2O2S/c9-6-5-7-1-3-8(4-2-7)10-13(11)12/h1-4,13H,5-6,9H2,(H,10,11,12). The summed E-state index contributed by atoms with van der Waals surface area (Å²) < 4.78 is 22.9. The lowest BCUT2D eigenvalue weighted by atomic mass is 10.1. The number of nitrogens with two attached hydrogens (primary N) is 1. The first-order valence-corrected chi connectivity index (χ1v) is 5.10. The molecule has 0 aliphatic rings. The lowest BCUT2D eigenvalue weighted by Crippen LogP contribution is -2.02. The lowest BCUT2D eigenvalue weighted by Gasteiger charge is -2.00. The summed E-state index contributed by atoms with van der Waals surface area (Å²) in [5, 5.41) is 0. The van der Waals surface area contributed by atoms with E-state index in [1.807, 2.05) is 12.1 Å². The Labute approximate surface area is 78.8 Å². The molecule has 0 bridgehead atoms. The van der Waals surface area contributed by atoms with E-state index in [4.69, 9.17) is 5.73 Å². The first-order valence-electron chi connectivity index (χ1n) is 3.92. The molecule has 0 aliphatic carbocycles. The topological polar surface area (TPSA) is 72.2 Å². The summed E-state index contributed by atoms with van der Waals surface area (Å²) in [6.07, 6.45) is 0.809. The van der Waals surface area contributed by atoms with Crippen LogP contribution >= 0.6 is 0 Å². The van der Waals surface area contributed by atoms with Crippen LogP contribution in [0.25, 0.3) is 0 Å². The quantitative estimate of drug-likeness (QED) is 0.605. The summed E-state index contributed by atoms with van der Waals surface area (Å²) in [6, 6.07) is 7.15. The van der Waals surface area contributed by atoms with Crippen molar-refractivity contribution in [3.8, 4) is 0 Å². The van der Waals surface area contributed by atoms with Crippen molar-refractivity contribution < 1.29 is 8.42 Å². The van der Waals surface area contributed by atoms with Crippen LogP contribution in [0.5, 0.6) is 0 Å². The molecule has 0 aromatic heterocycles. The minimum Gasteiger partial charge on any atom is -0.330 e. The van der Waals surface area contributed by atoms with Crippen LogP contribution in [0.3, 0.4) is 0 Å². The first kappa shape index (κ1) is 10.0. The fourth-order valence-corrected chi connectivity index (χ4v) is 1.38. The molecule has 0 atom stereocenters. The van der Waals surface area contributed by atoms with Gasteiger partial charge in [0.1, 0.15) is 0 Å². The molecule has 0 radical (unpaired) electrons. The molecule has 5 heteroatoms. The van der Waals surface area contributed by atoms with Crippen molar-refractivity contribution in [2.45, 2.75) is 6.42 Å². The fourth-order valence-electron chi connectivity index (χ4n) is 1.02. The summed E-state index contributed by atoms with van der Waals surface area (Å²) in [7, 11) is -2.57. The fraction of sp³-hybridized carbons (Fsp3) is 0.250. The zero-order valence-corrected chi connectivity index (χ0v) is 7.96. The van der Waals surface area contributed by atoms with Crippen molar-refractivity contribution in [2.24, 2.45) is 5.73 Å². The zero-order chi connectivity index (χ0) is 9.68. The third-order valence-electron chi connectivity index (χ3n) is 1.61. The predicted molar refractivity (Wildman–Crippen MR) is 53.1 cm³/mol. The molecule has 4 nitrogen and oxygen atoms in total. The van der Waals surface area contributed by atoms with E-state index in [9.17, 15) is 8.42 Å². The van der Waals surface area contributed by atoms with Crippen LogP contribution in [-0.2, 0) is 17.3 Å². The number of hydrogen-bond acceptors (Lipinski definition) is 3. The molecule has 0 heterocycles. The van der Waals surface area contributed by atoms with Crippen LogP contribution in [0.2, 0.25) is 0 Å². The highest BCUT2D eigenvalue weighted by molar-refractivity contribution is 7.73. The third kappa shape index (κ3) is 3.43. The van der Waals surface area contributed by atoms with E-state index >= 15 is 0 Å². The number of benzene rings is 1. The Hall–Kier alpha value is -1.07. The Kier molecular flexibility index (Phi) is 3.72. The largest absolute Gasteiger partial charge is 0.330 e. The molecule has 1 aromatic rings. The Morgan fingerprint density at radius 1 is 1.23 bits per heavy atom. The Morgan fingerprint density at radius 2 is 1.85 bits per heavy atom. The van der Waals surface area contributed by atoms with Crippen LogP contribution in [0.15, 0.2) is 24.3 Å². The highest BCUT2D eigenvalue weighted by Gasteiger charge is 1.93. The summed E-state index contributed by atoms with van der Waals surface area (Å²) in [5.41, 5.74) is 7.05. The van der Waals surface area contributed by atoms with Crippen molar-refractivity contribution in [1.29, 1.82) is 0 Å². The van der Waals surface area contributed by atoms with Gasteiger partial charge in [-0.1, -0.05) is 12.1 Å². The van der Waals surface area contributed by atoms with Crippen LogP contribution in [-0.4, -0.2) is 15.0 Å². The van der Waals surface area contributed by atoms with E-state index in [0.717, 1.165) is 12.0 Å². The van der Waals surface area contributed by atoms with Crippen molar-refractivity contribution in [3.05, 3.63) is 29.8 Å². The van der Waals surface area contributed by atoms with Gasteiger partial charge in [0.05, 0.1) is 0 Å². The van der Waals surface area contributed by atoms with E-state index in [1.165, 1.54) is 0 Å². The Morgan fingerprint density at radius 3 is 2.31 bits per heavy atom. The highest BCUT2D eigenvalue weighted by atomic mass is 32.2. The summed E-state index contributed by atoms with van der Waals surface area (Å²) in [5.74, 6) is 0. The number of anilines is 1. The van der Waals surface area contributed by atoms with Crippen LogP contribution in [0.4, 0.5) is 5.69 Å². The van der Waals surface area contributed by atoms with Gasteiger partial charge >= 0.3 is 0 Å². The monoisotopic (exact) mass is 200 g/mol. The maximum atomic E-state index is 10.3. The van der Waals surface area contributed by atoms with Gasteiger partial charge in [0.2, 0.25) is 10.9 Å². The van der Waals surface area contributed by atoms with E-state index < -0.39 is 10.9 Å². The molecule has 0 fully saturated rings. The van der Waals surface area contributed by atoms with Gasteiger partial charge in [-0.15, -0.1) is 0 Å². The van der Waals surface area contributed by atoms with Crippen LogP contribution in [0, 0.1) is 0 Å². The molecule has 0 saturated carbocycles. The molecular weight excluding hydrogens is 188 g/mol. The Bertz CT molecular complexity index is 325. The third-order valence-corrected chi connectivity index (χ3v) is 2.05. The second-order valence-electron chi connectivity index (χ2n) is 2.60. The normalized spacial score (nSPS) is 10.3. The molecule has 0 unspecified atom stereocenters. The van der Waals surface area contributed by atoms with Crippen molar-refractivity contribution in [3.63, 3.8) is 0 Å². The molecule has 0 aliphatic heterocycles. The van der Waals surface area contributed by atoms with Crippen LogP contribution in [0.1, 0.15) is 5.56 Å². The number of nitrogens with one attached hydrogen (secondary N) is 1. The van der Waals surface area contributed by atoms with Gasteiger partial charge in [0, 0.05) is 5.69 Å². The minimum absolute atomic E-state index is 0.580. The minimum atomic E-state index is -2.57. The average molecular weight is 200 g/mol. The van der Waals surface area contributed by atoms with E-state index in [0.29, 0.717) is 12.2 Å². The maximum absolute atomic E-state index is 10.3. The number of hydrogen-bond donors (Lipinski definition) is 3. The first-order chi connectivity index (χ1) is 6.22. The van der Waals surface area contributed by atoms with Gasteiger partial charge in [-0.05, 0) is 30.7 Å². The van der Waals surface area contributed by atoms with E-state index in [-0.39, 0.29) is 0 Å². The zero-order valence-electron chi connectivity index (χ0n) is 7.06. The molecule has 3 N–H and O–H groups in total. The van der Waals surface area contributed by atoms with E-state index in [2.05, 4.69) is 4.72 Å². The molecule has 1 rings (SSSR count). The van der Waals surface area contributed by atoms with E-state index in [1.54, 1.807) is 12.1 Å². The Balaban J connectivity index is 2.69. The van der Waals surface area contributed by atoms with Crippen molar-refractivity contribution >= 4 is 16.6 Å². The molecular formula is C8H12N2O2S. The summed E-state index contributed by atoms with van der Waals surface area (Å²) in [6.45, 7) is 0.600. The van der Waals surface area contributed by atoms with Crippen LogP contribution < -0.4 is 10.5 Å². The van der Waals surface area contributed by atoms with Gasteiger partial charge in [-0.2, -0.15) is 0 Å².